The fourth-order valence-corrected chi connectivity index (χ4v) is 3.84. The number of rotatable bonds is 10. The second-order valence-electron chi connectivity index (χ2n) is 7.53. The number of fused-ring (bicyclic) bond motifs is 2. The number of aromatic nitrogens is 2. The van der Waals surface area contributed by atoms with Gasteiger partial charge < -0.3 is 10.2 Å². The summed E-state index contributed by atoms with van der Waals surface area (Å²) < 4.78 is 0. The number of nitrogens with zero attached hydrogens (tertiary/aromatic N) is 2. The normalized spacial score (nSPS) is 11.5. The van der Waals surface area contributed by atoms with E-state index in [4.69, 9.17) is 11.6 Å². The molecule has 0 aliphatic rings. The molecule has 1 heterocycles. The van der Waals surface area contributed by atoms with Gasteiger partial charge in [0.15, 0.2) is 11.5 Å². The van der Waals surface area contributed by atoms with Gasteiger partial charge in [0.25, 0.3) is 0 Å². The number of hydrogen-bond donors (Lipinski definition) is 2. The van der Waals surface area contributed by atoms with Gasteiger partial charge in [-0.1, -0.05) is 69.9 Å². The second kappa shape index (κ2) is 9.92. The van der Waals surface area contributed by atoms with Crippen LogP contribution in [0.2, 0.25) is 5.02 Å². The smallest absolute Gasteiger partial charge is 0.163 e. The Bertz CT molecular complexity index is 943. The SMILES string of the molecule is CCCCCCCCCCCc1c(O)c(O)cc2nc3cc(Cl)ccc3nc12. The first-order chi connectivity index (χ1) is 13.6. The second-order valence-corrected chi connectivity index (χ2v) is 7.96. The molecule has 0 spiro atoms. The molecule has 0 amide bonds. The van der Waals surface area contributed by atoms with Crippen molar-refractivity contribution in [2.45, 2.75) is 71.1 Å². The van der Waals surface area contributed by atoms with Crippen LogP contribution in [0.15, 0.2) is 24.3 Å². The molecule has 3 aromatic rings. The molecule has 0 aliphatic carbocycles. The Morgan fingerprint density at radius 1 is 0.786 bits per heavy atom. The van der Waals surface area contributed by atoms with Crippen molar-refractivity contribution < 1.29 is 10.2 Å². The summed E-state index contributed by atoms with van der Waals surface area (Å²) in [4.78, 5) is 9.26. The van der Waals surface area contributed by atoms with Gasteiger partial charge in [-0.2, -0.15) is 0 Å². The van der Waals surface area contributed by atoms with Gasteiger partial charge in [-0.25, -0.2) is 9.97 Å². The minimum atomic E-state index is -0.144. The maximum atomic E-state index is 10.4. The molecule has 0 radical (unpaired) electrons. The molecule has 3 rings (SSSR count). The van der Waals surface area contributed by atoms with Gasteiger partial charge in [-0.3, -0.25) is 0 Å². The molecular weight excluding hydrogens is 372 g/mol. The van der Waals surface area contributed by atoms with Gasteiger partial charge in [0.1, 0.15) is 0 Å². The van der Waals surface area contributed by atoms with Crippen molar-refractivity contribution in [1.29, 1.82) is 0 Å². The third-order valence-corrected chi connectivity index (χ3v) is 5.51. The third kappa shape index (κ3) is 5.05. The topological polar surface area (TPSA) is 66.2 Å². The fourth-order valence-electron chi connectivity index (χ4n) is 3.68. The van der Waals surface area contributed by atoms with E-state index in [2.05, 4.69) is 16.9 Å². The van der Waals surface area contributed by atoms with Crippen molar-refractivity contribution in [1.82, 2.24) is 9.97 Å². The van der Waals surface area contributed by atoms with Crippen molar-refractivity contribution in [3.63, 3.8) is 0 Å². The lowest BCUT2D eigenvalue weighted by Gasteiger charge is -2.11. The Morgan fingerprint density at radius 2 is 1.46 bits per heavy atom. The molecule has 2 N–H and O–H groups in total. The van der Waals surface area contributed by atoms with Gasteiger partial charge in [0.2, 0.25) is 0 Å². The van der Waals surface area contributed by atoms with Crippen LogP contribution in [-0.4, -0.2) is 20.2 Å². The Labute approximate surface area is 171 Å². The average molecular weight is 401 g/mol. The molecule has 0 aliphatic heterocycles. The van der Waals surface area contributed by atoms with Crippen LogP contribution in [-0.2, 0) is 6.42 Å². The number of unbranched alkanes of at least 4 members (excludes halogenated alkanes) is 8. The minimum absolute atomic E-state index is 0.0744. The first-order valence-corrected chi connectivity index (χ1v) is 10.8. The van der Waals surface area contributed by atoms with E-state index in [0.717, 1.165) is 18.4 Å². The molecule has 0 fully saturated rings. The number of phenolic OH excluding ortho intramolecular Hbond substituents is 2. The lowest BCUT2D eigenvalue weighted by molar-refractivity contribution is 0.399. The molecule has 2 aromatic carbocycles. The van der Waals surface area contributed by atoms with Crippen LogP contribution in [0, 0.1) is 0 Å². The number of hydrogen-bond acceptors (Lipinski definition) is 4. The molecule has 0 atom stereocenters. The van der Waals surface area contributed by atoms with Gasteiger partial charge in [0, 0.05) is 16.7 Å². The zero-order valence-electron chi connectivity index (χ0n) is 16.5. The van der Waals surface area contributed by atoms with Gasteiger partial charge in [-0.15, -0.1) is 0 Å². The van der Waals surface area contributed by atoms with E-state index in [1.807, 2.05) is 6.07 Å². The Hall–Kier alpha value is -2.07. The van der Waals surface area contributed by atoms with Crippen molar-refractivity contribution in [3.8, 4) is 11.5 Å². The van der Waals surface area contributed by atoms with Gasteiger partial charge in [-0.05, 0) is 31.0 Å². The summed E-state index contributed by atoms with van der Waals surface area (Å²) in [7, 11) is 0. The lowest BCUT2D eigenvalue weighted by atomic mass is 10.0. The first-order valence-electron chi connectivity index (χ1n) is 10.4. The molecule has 4 nitrogen and oxygen atoms in total. The highest BCUT2D eigenvalue weighted by molar-refractivity contribution is 6.31. The molecule has 0 saturated carbocycles. The van der Waals surface area contributed by atoms with E-state index in [9.17, 15) is 10.2 Å². The number of halogens is 1. The van der Waals surface area contributed by atoms with Crippen molar-refractivity contribution >= 4 is 33.7 Å². The van der Waals surface area contributed by atoms with E-state index in [-0.39, 0.29) is 11.5 Å². The standard InChI is InChI=1S/C23H29ClN2O2/c1-2-3-4-5-6-7-8-9-10-11-17-22-20(15-21(27)23(17)28)25-19-14-16(24)12-13-18(19)26-22/h12-15,27-28H,2-11H2,1H3. The zero-order valence-corrected chi connectivity index (χ0v) is 17.3. The van der Waals surface area contributed by atoms with E-state index in [1.165, 1.54) is 51.0 Å². The highest BCUT2D eigenvalue weighted by Gasteiger charge is 2.15. The summed E-state index contributed by atoms with van der Waals surface area (Å²) in [6.45, 7) is 2.24. The maximum absolute atomic E-state index is 10.4. The number of phenols is 2. The van der Waals surface area contributed by atoms with Crippen LogP contribution in [0.1, 0.15) is 70.3 Å². The van der Waals surface area contributed by atoms with Gasteiger partial charge in [0.05, 0.1) is 22.1 Å². The molecule has 0 saturated heterocycles. The van der Waals surface area contributed by atoms with Gasteiger partial charge >= 0.3 is 0 Å². The third-order valence-electron chi connectivity index (χ3n) is 5.27. The van der Waals surface area contributed by atoms with Crippen LogP contribution >= 0.6 is 11.6 Å². The van der Waals surface area contributed by atoms with Crippen LogP contribution in [0.3, 0.4) is 0 Å². The van der Waals surface area contributed by atoms with Crippen LogP contribution in [0.5, 0.6) is 11.5 Å². The summed E-state index contributed by atoms with van der Waals surface area (Å²) in [5, 5.41) is 21.1. The van der Waals surface area contributed by atoms with Crippen molar-refractivity contribution in [2.75, 3.05) is 0 Å². The van der Waals surface area contributed by atoms with Crippen LogP contribution in [0.25, 0.3) is 22.1 Å². The number of aryl methyl sites for hydroxylation is 1. The molecule has 5 heteroatoms. The predicted molar refractivity (Wildman–Crippen MR) is 116 cm³/mol. The van der Waals surface area contributed by atoms with E-state index < -0.39 is 0 Å². The summed E-state index contributed by atoms with van der Waals surface area (Å²) in [5.41, 5.74) is 3.33. The summed E-state index contributed by atoms with van der Waals surface area (Å²) in [6.07, 6.45) is 11.8. The lowest BCUT2D eigenvalue weighted by Crippen LogP contribution is -1.95. The Kier molecular flexibility index (Phi) is 7.32. The van der Waals surface area contributed by atoms with Crippen molar-refractivity contribution in [2.24, 2.45) is 0 Å². The highest BCUT2D eigenvalue weighted by atomic mass is 35.5. The Balaban J connectivity index is 1.68. The minimum Gasteiger partial charge on any atom is -0.504 e. The van der Waals surface area contributed by atoms with E-state index in [0.29, 0.717) is 33.6 Å². The average Bonchev–Trinajstić information content (AvgIpc) is 2.68. The van der Waals surface area contributed by atoms with E-state index >= 15 is 0 Å². The number of benzene rings is 2. The molecule has 28 heavy (non-hydrogen) atoms. The Morgan fingerprint density at radius 3 is 2.18 bits per heavy atom. The fraction of sp³-hybridized carbons (Fsp3) is 0.478. The zero-order chi connectivity index (χ0) is 19.9. The highest BCUT2D eigenvalue weighted by Crippen LogP contribution is 2.36. The van der Waals surface area contributed by atoms with Crippen molar-refractivity contribution in [3.05, 3.63) is 34.9 Å². The quantitative estimate of drug-likeness (QED) is 0.220. The summed E-state index contributed by atoms with van der Waals surface area (Å²) in [6, 6.07) is 6.84. The maximum Gasteiger partial charge on any atom is 0.163 e. The molecular formula is C23H29ClN2O2. The van der Waals surface area contributed by atoms with Crippen LogP contribution < -0.4 is 0 Å². The largest absolute Gasteiger partial charge is 0.504 e. The number of aromatic hydroxyl groups is 2. The monoisotopic (exact) mass is 400 g/mol. The van der Waals surface area contributed by atoms with Crippen LogP contribution in [0.4, 0.5) is 0 Å². The molecule has 0 bridgehead atoms. The predicted octanol–water partition coefficient (Wildman–Crippen LogP) is 6.92. The van der Waals surface area contributed by atoms with E-state index in [1.54, 1.807) is 12.1 Å². The summed E-state index contributed by atoms with van der Waals surface area (Å²) in [5.74, 6) is -0.219. The first kappa shape index (κ1) is 20.7. The molecule has 0 unspecified atom stereocenters. The molecule has 150 valence electrons. The summed E-state index contributed by atoms with van der Waals surface area (Å²) >= 11 is 6.05. The molecule has 1 aromatic heterocycles.